The fraction of sp³-hybridized carbons (Fsp3) is 0.300. The average molecular weight is 337 g/mol. The number of carbonyl (C=O) groups excluding carboxylic acids is 2. The monoisotopic (exact) mass is 337 g/mol. The molecule has 3 amide bonds. The summed E-state index contributed by atoms with van der Waals surface area (Å²) in [6.45, 7) is 5.36. The van der Waals surface area contributed by atoms with Crippen LogP contribution in [0.15, 0.2) is 48.5 Å². The van der Waals surface area contributed by atoms with Gasteiger partial charge < -0.3 is 10.2 Å². The van der Waals surface area contributed by atoms with E-state index in [0.717, 1.165) is 11.3 Å². The number of urea groups is 1. The predicted molar refractivity (Wildman–Crippen MR) is 98.9 cm³/mol. The maximum atomic E-state index is 12.8. The van der Waals surface area contributed by atoms with E-state index in [4.69, 9.17) is 0 Å². The minimum absolute atomic E-state index is 0.0165. The highest BCUT2D eigenvalue weighted by Gasteiger charge is 2.22. The molecule has 3 rings (SSSR count). The largest absolute Gasteiger partial charge is 0.336 e. The van der Waals surface area contributed by atoms with Crippen molar-refractivity contribution in [2.45, 2.75) is 19.9 Å². The number of amides is 3. The first-order chi connectivity index (χ1) is 12.0. The van der Waals surface area contributed by atoms with Crippen LogP contribution in [0.1, 0.15) is 34.5 Å². The summed E-state index contributed by atoms with van der Waals surface area (Å²) in [5, 5.41) is 2.77. The zero-order valence-corrected chi connectivity index (χ0v) is 14.8. The molecular weight excluding hydrogens is 314 g/mol. The molecule has 25 heavy (non-hydrogen) atoms. The van der Waals surface area contributed by atoms with Crippen LogP contribution in [-0.2, 0) is 0 Å². The maximum absolute atomic E-state index is 12.8. The lowest BCUT2D eigenvalue weighted by Crippen LogP contribution is -2.30. The van der Waals surface area contributed by atoms with Crippen molar-refractivity contribution in [1.29, 1.82) is 0 Å². The van der Waals surface area contributed by atoms with Gasteiger partial charge in [-0.1, -0.05) is 29.8 Å². The molecule has 1 aliphatic rings. The highest BCUT2D eigenvalue weighted by atomic mass is 16.2. The molecule has 0 spiro atoms. The first-order valence-electron chi connectivity index (χ1n) is 8.46. The van der Waals surface area contributed by atoms with Gasteiger partial charge in [0.1, 0.15) is 0 Å². The van der Waals surface area contributed by atoms with Gasteiger partial charge >= 0.3 is 6.03 Å². The number of aryl methyl sites for hydroxylation is 1. The molecule has 0 radical (unpaired) electrons. The fourth-order valence-electron chi connectivity index (χ4n) is 2.95. The summed E-state index contributed by atoms with van der Waals surface area (Å²) in [4.78, 5) is 27.9. The van der Waals surface area contributed by atoms with E-state index in [-0.39, 0.29) is 18.0 Å². The van der Waals surface area contributed by atoms with Gasteiger partial charge in [0.05, 0.1) is 6.04 Å². The molecule has 5 nitrogen and oxygen atoms in total. The second-order valence-electron chi connectivity index (χ2n) is 6.43. The number of nitrogens with zero attached hydrogens (tertiary/aromatic N) is 2. The zero-order chi connectivity index (χ0) is 18.0. The molecule has 0 bridgehead atoms. The van der Waals surface area contributed by atoms with Crippen molar-refractivity contribution >= 4 is 17.6 Å². The summed E-state index contributed by atoms with van der Waals surface area (Å²) in [6, 6.07) is 15.3. The molecule has 0 saturated carbocycles. The number of nitrogens with one attached hydrogen (secondary N) is 1. The maximum Gasteiger partial charge on any atom is 0.321 e. The minimum Gasteiger partial charge on any atom is -0.336 e. The van der Waals surface area contributed by atoms with Crippen molar-refractivity contribution in [1.82, 2.24) is 10.2 Å². The van der Waals surface area contributed by atoms with Crippen molar-refractivity contribution in [3.05, 3.63) is 65.2 Å². The van der Waals surface area contributed by atoms with Crippen LogP contribution in [0.3, 0.4) is 0 Å². The second kappa shape index (κ2) is 6.97. The lowest BCUT2D eigenvalue weighted by molar-refractivity contribution is 0.0742. The number of anilines is 1. The Morgan fingerprint density at radius 1 is 1.12 bits per heavy atom. The molecule has 5 heteroatoms. The van der Waals surface area contributed by atoms with Crippen molar-refractivity contribution < 1.29 is 9.59 Å². The number of benzene rings is 2. The minimum atomic E-state index is -0.0933. The summed E-state index contributed by atoms with van der Waals surface area (Å²) in [6.07, 6.45) is 0. The van der Waals surface area contributed by atoms with Crippen LogP contribution in [0, 0.1) is 6.92 Å². The van der Waals surface area contributed by atoms with Crippen molar-refractivity contribution in [3.8, 4) is 0 Å². The first-order valence-corrected chi connectivity index (χ1v) is 8.46. The first kappa shape index (κ1) is 17.0. The lowest BCUT2D eigenvalue weighted by atomic mass is 10.0. The van der Waals surface area contributed by atoms with Gasteiger partial charge in [-0.05, 0) is 43.7 Å². The van der Waals surface area contributed by atoms with Gasteiger partial charge in [0, 0.05) is 31.4 Å². The Balaban J connectivity index is 1.73. The molecule has 2 aromatic carbocycles. The average Bonchev–Trinajstić information content (AvgIpc) is 3.06. The number of carbonyl (C=O) groups is 2. The van der Waals surface area contributed by atoms with Crippen LogP contribution in [0.25, 0.3) is 0 Å². The van der Waals surface area contributed by atoms with E-state index >= 15 is 0 Å². The Bertz CT molecular complexity index is 769. The number of hydrogen-bond donors (Lipinski definition) is 1. The van der Waals surface area contributed by atoms with Crippen molar-refractivity contribution in [2.75, 3.05) is 25.0 Å². The van der Waals surface area contributed by atoms with Gasteiger partial charge in [-0.25, -0.2) is 4.79 Å². The van der Waals surface area contributed by atoms with Gasteiger partial charge in [0.15, 0.2) is 0 Å². The molecule has 1 saturated heterocycles. The normalized spacial score (nSPS) is 15.0. The molecule has 1 atom stereocenters. The van der Waals surface area contributed by atoms with Crippen LogP contribution in [0.5, 0.6) is 0 Å². The Hall–Kier alpha value is -2.82. The molecule has 0 aromatic heterocycles. The van der Waals surface area contributed by atoms with E-state index in [0.29, 0.717) is 18.7 Å². The summed E-state index contributed by atoms with van der Waals surface area (Å²) < 4.78 is 0. The highest BCUT2D eigenvalue weighted by molar-refractivity contribution is 5.97. The SMILES string of the molecule is Cc1ccc(C(C)N(C)C(=O)c2ccc(N3CCNC3=O)cc2)cc1. The molecule has 130 valence electrons. The predicted octanol–water partition coefficient (Wildman–Crippen LogP) is 3.36. The topological polar surface area (TPSA) is 52.7 Å². The fourth-order valence-corrected chi connectivity index (χ4v) is 2.95. The van der Waals surface area contributed by atoms with Gasteiger partial charge in [-0.3, -0.25) is 9.69 Å². The smallest absolute Gasteiger partial charge is 0.321 e. The van der Waals surface area contributed by atoms with Crippen LogP contribution in [-0.4, -0.2) is 37.0 Å². The number of hydrogen-bond acceptors (Lipinski definition) is 2. The van der Waals surface area contributed by atoms with Gasteiger partial charge in [0.2, 0.25) is 0 Å². The van der Waals surface area contributed by atoms with E-state index in [1.807, 2.05) is 33.0 Å². The highest BCUT2D eigenvalue weighted by Crippen LogP contribution is 2.23. The summed E-state index contributed by atoms with van der Waals surface area (Å²) in [7, 11) is 1.81. The van der Waals surface area contributed by atoms with Gasteiger partial charge in [-0.2, -0.15) is 0 Å². The van der Waals surface area contributed by atoms with E-state index in [2.05, 4.69) is 29.6 Å². The molecule has 0 aliphatic carbocycles. The molecule has 1 aliphatic heterocycles. The zero-order valence-electron chi connectivity index (χ0n) is 14.8. The van der Waals surface area contributed by atoms with Crippen LogP contribution in [0.4, 0.5) is 10.5 Å². The Morgan fingerprint density at radius 2 is 1.76 bits per heavy atom. The molecule has 1 fully saturated rings. The number of rotatable bonds is 4. The van der Waals surface area contributed by atoms with Gasteiger partial charge in [-0.15, -0.1) is 0 Å². The molecule has 1 heterocycles. The molecule has 2 aromatic rings. The van der Waals surface area contributed by atoms with E-state index in [1.165, 1.54) is 5.56 Å². The second-order valence-corrected chi connectivity index (χ2v) is 6.43. The van der Waals surface area contributed by atoms with E-state index in [9.17, 15) is 9.59 Å². The van der Waals surface area contributed by atoms with E-state index < -0.39 is 0 Å². The molecule has 1 N–H and O–H groups in total. The van der Waals surface area contributed by atoms with E-state index in [1.54, 1.807) is 21.9 Å². The van der Waals surface area contributed by atoms with Gasteiger partial charge in [0.25, 0.3) is 5.91 Å². The standard InChI is InChI=1S/C20H23N3O2/c1-14-4-6-16(7-5-14)15(2)22(3)19(24)17-8-10-18(11-9-17)23-13-12-21-20(23)25/h4-11,15H,12-13H2,1-3H3,(H,21,25). The Morgan fingerprint density at radius 3 is 2.32 bits per heavy atom. The quantitative estimate of drug-likeness (QED) is 0.930. The third-order valence-corrected chi connectivity index (χ3v) is 4.74. The van der Waals surface area contributed by atoms with Crippen LogP contribution >= 0.6 is 0 Å². The summed E-state index contributed by atoms with van der Waals surface area (Å²) in [5.41, 5.74) is 3.73. The molecular formula is C20H23N3O2. The van der Waals surface area contributed by atoms with Crippen molar-refractivity contribution in [3.63, 3.8) is 0 Å². The van der Waals surface area contributed by atoms with Crippen LogP contribution < -0.4 is 10.2 Å². The van der Waals surface area contributed by atoms with Crippen molar-refractivity contribution in [2.24, 2.45) is 0 Å². The van der Waals surface area contributed by atoms with Crippen LogP contribution in [0.2, 0.25) is 0 Å². The summed E-state index contributed by atoms with van der Waals surface area (Å²) in [5.74, 6) is -0.0366. The molecule has 1 unspecified atom stereocenters. The third kappa shape index (κ3) is 3.50. The lowest BCUT2D eigenvalue weighted by Gasteiger charge is -2.26. The Labute approximate surface area is 148 Å². The Kier molecular flexibility index (Phi) is 4.74. The summed E-state index contributed by atoms with van der Waals surface area (Å²) >= 11 is 0. The third-order valence-electron chi connectivity index (χ3n) is 4.74.